The van der Waals surface area contributed by atoms with Crippen LogP contribution in [0.3, 0.4) is 0 Å². The third-order valence-electron chi connectivity index (χ3n) is 4.01. The first-order valence-corrected chi connectivity index (χ1v) is 7.88. The van der Waals surface area contributed by atoms with Crippen LogP contribution in [0.4, 0.5) is 0 Å². The molecule has 0 radical (unpaired) electrons. The number of aliphatic imine (C=N–C) groups is 1. The lowest BCUT2D eigenvalue weighted by Crippen LogP contribution is -2.20. The molecule has 0 unspecified atom stereocenters. The number of benzene rings is 2. The normalized spacial score (nSPS) is 16.6. The number of allylic oxidation sites excluding steroid dienone is 1. The third-order valence-corrected chi connectivity index (χ3v) is 5.04. The van der Waals surface area contributed by atoms with Crippen LogP contribution in [0.1, 0.15) is 12.5 Å². The van der Waals surface area contributed by atoms with Crippen LogP contribution in [0.2, 0.25) is 0 Å². The van der Waals surface area contributed by atoms with Gasteiger partial charge in [-0.1, -0.05) is 42.1 Å². The lowest BCUT2D eigenvalue weighted by atomic mass is 10.0. The molecule has 2 aliphatic heterocycles. The summed E-state index contributed by atoms with van der Waals surface area (Å²) in [4.78, 5) is 8.24. The fourth-order valence-electron chi connectivity index (χ4n) is 3.10. The number of methoxy groups -OCH3 is 1. The second-order valence-corrected chi connectivity index (χ2v) is 6.37. The van der Waals surface area contributed by atoms with E-state index >= 15 is 0 Å². The Balaban J connectivity index is 0.00000144. The number of hydrogen-bond donors (Lipinski definition) is 0. The van der Waals surface area contributed by atoms with Crippen molar-refractivity contribution in [2.24, 2.45) is 4.99 Å². The average molecular weight is 377 g/mol. The van der Waals surface area contributed by atoms with Crippen molar-refractivity contribution >= 4 is 50.4 Å². The summed E-state index contributed by atoms with van der Waals surface area (Å²) in [6.07, 6.45) is 0. The van der Waals surface area contributed by atoms with Crippen molar-refractivity contribution in [3.63, 3.8) is 0 Å². The zero-order valence-electron chi connectivity index (χ0n) is 12.5. The Kier molecular flexibility index (Phi) is 4.19. The predicted octanol–water partition coefficient (Wildman–Crippen LogP) is 4.53. The first kappa shape index (κ1) is 15.4. The van der Waals surface area contributed by atoms with E-state index in [-0.39, 0.29) is 17.0 Å². The maximum absolute atomic E-state index is 5.50. The van der Waals surface area contributed by atoms with Crippen molar-refractivity contribution in [1.29, 1.82) is 0 Å². The highest BCUT2D eigenvalue weighted by atomic mass is 79.9. The van der Waals surface area contributed by atoms with E-state index < -0.39 is 0 Å². The molecule has 3 nitrogen and oxygen atoms in total. The first-order chi connectivity index (χ1) is 10.3. The van der Waals surface area contributed by atoms with Crippen LogP contribution < -0.4 is 4.74 Å². The maximum Gasteiger partial charge on any atom is 0.168 e. The number of halogens is 1. The Labute approximate surface area is 144 Å². The molecule has 0 fully saturated rings. The predicted molar refractivity (Wildman–Crippen MR) is 100 cm³/mol. The van der Waals surface area contributed by atoms with E-state index in [9.17, 15) is 0 Å². The molecule has 0 saturated heterocycles. The molecule has 5 heteroatoms. The number of ether oxygens (including phenoxy) is 1. The molecule has 0 aromatic heterocycles. The van der Waals surface area contributed by atoms with Crippen LogP contribution in [-0.4, -0.2) is 30.3 Å². The molecule has 0 saturated carbocycles. The van der Waals surface area contributed by atoms with E-state index in [4.69, 9.17) is 4.74 Å². The third kappa shape index (κ3) is 2.23. The van der Waals surface area contributed by atoms with Gasteiger partial charge in [0.25, 0.3) is 0 Å². The van der Waals surface area contributed by atoms with Gasteiger partial charge in [0.2, 0.25) is 0 Å². The number of fused-ring (bicyclic) bond motifs is 2. The molecule has 0 bridgehead atoms. The second kappa shape index (κ2) is 5.97. The molecule has 0 amide bonds. The minimum Gasteiger partial charge on any atom is -0.496 e. The minimum absolute atomic E-state index is 0. The largest absolute Gasteiger partial charge is 0.496 e. The van der Waals surface area contributed by atoms with Gasteiger partial charge in [-0.2, -0.15) is 0 Å². The Morgan fingerprint density at radius 2 is 1.91 bits per heavy atom. The summed E-state index contributed by atoms with van der Waals surface area (Å²) >= 11 is 1.78. The van der Waals surface area contributed by atoms with Gasteiger partial charge in [0.15, 0.2) is 5.17 Å². The maximum atomic E-state index is 5.50. The monoisotopic (exact) mass is 376 g/mol. The molecule has 0 atom stereocenters. The fourth-order valence-corrected chi connectivity index (χ4v) is 4.14. The van der Waals surface area contributed by atoms with Crippen molar-refractivity contribution in [2.45, 2.75) is 6.92 Å². The Hall–Kier alpha value is -1.46. The Bertz CT molecular complexity index is 800. The molecule has 2 aliphatic rings. The van der Waals surface area contributed by atoms with Crippen molar-refractivity contribution in [1.82, 2.24) is 4.90 Å². The molecule has 22 heavy (non-hydrogen) atoms. The number of amidine groups is 1. The number of rotatable bonds is 2. The SMILES string of the molecule is Br.COc1cccc2c(C3=C(C)SC4=NCCN43)cccc12. The summed E-state index contributed by atoms with van der Waals surface area (Å²) in [5.74, 6) is 0.925. The van der Waals surface area contributed by atoms with Crippen LogP contribution in [0.15, 0.2) is 46.3 Å². The van der Waals surface area contributed by atoms with Crippen molar-refractivity contribution < 1.29 is 4.74 Å². The molecule has 114 valence electrons. The molecule has 0 aliphatic carbocycles. The van der Waals surface area contributed by atoms with Gasteiger partial charge in [0.1, 0.15) is 5.75 Å². The van der Waals surface area contributed by atoms with E-state index in [0.717, 1.165) is 29.4 Å². The van der Waals surface area contributed by atoms with E-state index in [2.05, 4.69) is 47.1 Å². The van der Waals surface area contributed by atoms with Gasteiger partial charge in [0.05, 0.1) is 19.4 Å². The highest BCUT2D eigenvalue weighted by Gasteiger charge is 2.31. The summed E-state index contributed by atoms with van der Waals surface area (Å²) < 4.78 is 5.50. The summed E-state index contributed by atoms with van der Waals surface area (Å²) in [5.41, 5.74) is 2.57. The van der Waals surface area contributed by atoms with Crippen LogP contribution in [0, 0.1) is 0 Å². The smallest absolute Gasteiger partial charge is 0.168 e. The minimum atomic E-state index is 0. The highest BCUT2D eigenvalue weighted by Crippen LogP contribution is 2.43. The molecular weight excluding hydrogens is 360 g/mol. The summed E-state index contributed by atoms with van der Waals surface area (Å²) in [5, 5.41) is 3.54. The first-order valence-electron chi connectivity index (χ1n) is 7.06. The Morgan fingerprint density at radius 3 is 2.73 bits per heavy atom. The molecule has 0 spiro atoms. The lowest BCUT2D eigenvalue weighted by molar-refractivity contribution is 0.420. The highest BCUT2D eigenvalue weighted by molar-refractivity contribution is 8.93. The zero-order valence-corrected chi connectivity index (χ0v) is 15.0. The summed E-state index contributed by atoms with van der Waals surface area (Å²) in [6.45, 7) is 4.06. The van der Waals surface area contributed by atoms with Crippen molar-refractivity contribution in [3.05, 3.63) is 46.9 Å². The molecular formula is C17H17BrN2OS. The van der Waals surface area contributed by atoms with Gasteiger partial charge in [-0.25, -0.2) is 0 Å². The fraction of sp³-hybridized carbons (Fsp3) is 0.235. The number of thioether (sulfide) groups is 1. The van der Waals surface area contributed by atoms with Gasteiger partial charge in [-0.3, -0.25) is 4.99 Å². The van der Waals surface area contributed by atoms with E-state index in [1.54, 1.807) is 18.9 Å². The van der Waals surface area contributed by atoms with Gasteiger partial charge in [-0.05, 0) is 18.4 Å². The van der Waals surface area contributed by atoms with Crippen LogP contribution in [0.5, 0.6) is 5.75 Å². The van der Waals surface area contributed by atoms with Crippen LogP contribution in [0.25, 0.3) is 16.5 Å². The topological polar surface area (TPSA) is 24.8 Å². The van der Waals surface area contributed by atoms with Gasteiger partial charge < -0.3 is 9.64 Å². The molecule has 4 rings (SSSR count). The number of nitrogens with zero attached hydrogens (tertiary/aromatic N) is 2. The van der Waals surface area contributed by atoms with Crippen molar-refractivity contribution in [2.75, 3.05) is 20.2 Å². The van der Waals surface area contributed by atoms with Gasteiger partial charge >= 0.3 is 0 Å². The molecule has 0 N–H and O–H groups in total. The van der Waals surface area contributed by atoms with Gasteiger partial charge in [0, 0.05) is 22.4 Å². The van der Waals surface area contributed by atoms with E-state index in [0.29, 0.717) is 0 Å². The molecule has 2 heterocycles. The van der Waals surface area contributed by atoms with E-state index in [1.807, 2.05) is 6.07 Å². The number of hydrogen-bond acceptors (Lipinski definition) is 4. The lowest BCUT2D eigenvalue weighted by Gasteiger charge is -2.19. The second-order valence-electron chi connectivity index (χ2n) is 5.18. The average Bonchev–Trinajstić information content (AvgIpc) is 3.06. The Morgan fingerprint density at radius 1 is 1.14 bits per heavy atom. The molecule has 2 aromatic rings. The van der Waals surface area contributed by atoms with E-state index in [1.165, 1.54) is 21.6 Å². The molecule has 2 aromatic carbocycles. The summed E-state index contributed by atoms with van der Waals surface area (Å²) in [7, 11) is 1.72. The van der Waals surface area contributed by atoms with Crippen LogP contribution in [-0.2, 0) is 0 Å². The summed E-state index contributed by atoms with van der Waals surface area (Å²) in [6, 6.07) is 12.7. The van der Waals surface area contributed by atoms with Crippen molar-refractivity contribution in [3.8, 4) is 5.75 Å². The van der Waals surface area contributed by atoms with Crippen LogP contribution >= 0.6 is 28.7 Å². The van der Waals surface area contributed by atoms with Gasteiger partial charge in [-0.15, -0.1) is 17.0 Å². The zero-order chi connectivity index (χ0) is 14.4. The standard InChI is InChI=1S/C17H16N2OS.BrH/c1-11-16(19-10-9-18-17(19)21-11)14-7-3-6-13-12(14)5-4-8-15(13)20-2;/h3-8H,9-10H2,1-2H3;1H. The quantitative estimate of drug-likeness (QED) is 0.769.